The third-order valence-electron chi connectivity index (χ3n) is 29.0. The molecule has 0 aromatic heterocycles. The maximum absolute atomic E-state index is 14.4. The molecular formula is C102H158N2O26. The Morgan fingerprint density at radius 1 is 0.423 bits per heavy atom. The Kier molecular flexibility index (Phi) is 44.4. The van der Waals surface area contributed by atoms with Crippen LogP contribution in [0, 0.1) is 71.0 Å². The van der Waals surface area contributed by atoms with E-state index >= 15 is 0 Å². The average Bonchev–Trinajstić information content (AvgIpc) is 0.774. The topological polar surface area (TPSA) is 391 Å². The SMILES string of the molecule is CO[C@H]1C[C@@H]2CC[C@@H](C)[C@@](O)(O2)C(=O)C(=O)N2CCCC[C@H]2C(=O)OC([C@H](C)C[C@@H]2CC[C@@H](O)[C@H](OC)C2)CC(=O)[C@H](C)/C=C(\C)[C@@H](O)[C@@H](OC)C(=O)[C@H](C)C[C@H](C)/C=C/C=CC=C1C.CO[C@H]1C[C@@H]2CC[C@@H](C)[C@@](O)(O2)C(=O)C(=O)N2CCCC[C@H]2C(=O)OC([C@H](C)C[C@@H]2CC[C@@H](O)[C@H](OC)C2)CC(=O)[C@H](C)/C=C(\C)[C@H](O)[C@@H](OC)C(=O)[C@H](C)C[C@H](C)/C=C/C=CC=C1C. The monoisotopic (exact) mass is 1830 g/mol. The molecule has 6 heterocycles. The Bertz CT molecular complexity index is 3760. The minimum absolute atomic E-state index is 0.0193. The highest BCUT2D eigenvalue weighted by atomic mass is 16.6. The molecule has 0 aromatic carbocycles. The van der Waals surface area contributed by atoms with E-state index in [2.05, 4.69) is 0 Å². The Morgan fingerprint density at radius 2 is 0.785 bits per heavy atom. The molecule has 8 aliphatic rings. The van der Waals surface area contributed by atoms with Crippen molar-refractivity contribution in [2.45, 2.75) is 360 Å². The fraction of sp³-hybridized carbons (Fsp3) is 0.745. The standard InChI is InChI=1S/2C51H79NO13/c2*1-30-16-12-11-13-17-31(2)42(61-8)28-38-21-19-36(7)51(60,65-38)48(57)49(58)52-23-15-14-18-39(52)50(59)64-43(33(4)26-37-20-22-40(53)44(27-37)62-9)29-41(54)32(3)25-35(6)46(56)47(63-10)45(55)34(5)24-30/h2*11-13,16-17,25,30,32-34,36-40,42-44,46-47,53,56,60H,14-15,18-24,26-29H2,1-10H3/b2*13-11?,16-12+,31-17?,35-25+/t30-,32-,33-,34-,36-,37+,38+,39+,40-,42+,43?,44-,46+,47+,51-;30-,32-,33-,34-,36-,37+,38+,39+,40-,42+,43?,44-,46-,47+,51-/m11/s1. The lowest BCUT2D eigenvalue weighted by atomic mass is 9.78. The number of hydrogen-bond acceptors (Lipinski definition) is 26. The van der Waals surface area contributed by atoms with E-state index in [4.69, 9.17) is 47.4 Å². The first kappa shape index (κ1) is 110. The molecule has 2 saturated carbocycles. The molecule has 0 spiro atoms. The number of ether oxygens (including phenoxy) is 10. The van der Waals surface area contributed by atoms with Gasteiger partial charge in [0, 0.05) is 117 Å². The molecule has 30 atom stereocenters. The highest BCUT2D eigenvalue weighted by Crippen LogP contribution is 2.42. The van der Waals surface area contributed by atoms with Crippen LogP contribution >= 0.6 is 0 Å². The summed E-state index contributed by atoms with van der Waals surface area (Å²) < 4.78 is 58.7. The Labute approximate surface area is 772 Å². The Morgan fingerprint density at radius 3 is 1.12 bits per heavy atom. The summed E-state index contributed by atoms with van der Waals surface area (Å²) >= 11 is 0. The van der Waals surface area contributed by atoms with Gasteiger partial charge in [0.15, 0.2) is 11.6 Å². The molecular weight excluding hydrogens is 1670 g/mol. The number of piperidine rings is 2. The number of rotatable bonds is 12. The molecule has 2 amide bonds. The van der Waals surface area contributed by atoms with Crippen LogP contribution in [0.2, 0.25) is 0 Å². The number of fused-ring (bicyclic) bond motifs is 6. The van der Waals surface area contributed by atoms with E-state index < -0.39 is 168 Å². The fourth-order valence-electron chi connectivity index (χ4n) is 20.2. The zero-order valence-electron chi connectivity index (χ0n) is 81.2. The predicted octanol–water partition coefficient (Wildman–Crippen LogP) is 12.4. The van der Waals surface area contributed by atoms with Crippen LogP contribution in [0.1, 0.15) is 251 Å². The van der Waals surface area contributed by atoms with Crippen molar-refractivity contribution < 1.29 is 126 Å². The zero-order chi connectivity index (χ0) is 96.3. The van der Waals surface area contributed by atoms with Gasteiger partial charge in [-0.15, -0.1) is 0 Å². The third-order valence-corrected chi connectivity index (χ3v) is 29.0. The van der Waals surface area contributed by atoms with E-state index in [0.717, 1.165) is 24.0 Å². The molecule has 0 aromatic rings. The van der Waals surface area contributed by atoms with Crippen molar-refractivity contribution in [1.29, 1.82) is 0 Å². The van der Waals surface area contributed by atoms with Gasteiger partial charge in [-0.05, 0) is 214 Å². The predicted molar refractivity (Wildman–Crippen MR) is 490 cm³/mol. The van der Waals surface area contributed by atoms with Crippen molar-refractivity contribution in [2.24, 2.45) is 71.0 Å². The summed E-state index contributed by atoms with van der Waals surface area (Å²) in [6, 6.07) is -2.28. The molecule has 28 nitrogen and oxygen atoms in total. The van der Waals surface area contributed by atoms with Gasteiger partial charge in [0.2, 0.25) is 11.6 Å². The van der Waals surface area contributed by atoms with Crippen LogP contribution in [0.3, 0.4) is 0 Å². The van der Waals surface area contributed by atoms with Gasteiger partial charge in [-0.25, -0.2) is 9.59 Å². The largest absolute Gasteiger partial charge is 0.460 e. The second kappa shape index (κ2) is 52.4. The van der Waals surface area contributed by atoms with Crippen LogP contribution in [0.15, 0.2) is 95.2 Å². The second-order valence-corrected chi connectivity index (χ2v) is 39.2. The van der Waals surface area contributed by atoms with E-state index in [1.54, 1.807) is 82.1 Å². The third kappa shape index (κ3) is 30.1. The van der Waals surface area contributed by atoms with Gasteiger partial charge in [0.1, 0.15) is 60.3 Å². The number of carbonyl (C=O) groups excluding carboxylic acids is 10. The van der Waals surface area contributed by atoms with E-state index in [-0.39, 0.29) is 110 Å². The van der Waals surface area contributed by atoms with Crippen molar-refractivity contribution in [3.8, 4) is 0 Å². The van der Waals surface area contributed by atoms with Crippen molar-refractivity contribution in [2.75, 3.05) is 55.7 Å². The van der Waals surface area contributed by atoms with Crippen LogP contribution in [-0.2, 0) is 95.3 Å². The maximum Gasteiger partial charge on any atom is 0.329 e. The lowest BCUT2D eigenvalue weighted by Crippen LogP contribution is -2.61. The van der Waals surface area contributed by atoms with Crippen molar-refractivity contribution in [3.63, 3.8) is 0 Å². The van der Waals surface area contributed by atoms with Crippen molar-refractivity contribution >= 4 is 58.5 Å². The number of aliphatic hydroxyl groups is 6. The number of cyclic esters (lactones) is 2. The van der Waals surface area contributed by atoms with Gasteiger partial charge in [0.05, 0.1) is 48.8 Å². The highest BCUT2D eigenvalue weighted by Gasteiger charge is 2.56. The molecule has 6 N–H and O–H groups in total. The second-order valence-electron chi connectivity index (χ2n) is 39.2. The molecule has 6 fully saturated rings. The van der Waals surface area contributed by atoms with E-state index in [0.29, 0.717) is 127 Å². The van der Waals surface area contributed by atoms with Crippen molar-refractivity contribution in [3.05, 3.63) is 95.2 Å². The number of ketones is 6. The molecule has 4 bridgehead atoms. The highest BCUT2D eigenvalue weighted by molar-refractivity contribution is 6.39. The normalized spacial score (nSPS) is 39.1. The summed E-state index contributed by atoms with van der Waals surface area (Å²) in [6.07, 6.45) is 22.4. The van der Waals surface area contributed by atoms with Gasteiger partial charge in [-0.2, -0.15) is 0 Å². The quantitative estimate of drug-likeness (QED) is 0.0600. The van der Waals surface area contributed by atoms with Gasteiger partial charge in [-0.1, -0.05) is 142 Å². The number of carbonyl (C=O) groups is 10. The molecule has 130 heavy (non-hydrogen) atoms. The number of hydrogen-bond donors (Lipinski definition) is 6. The molecule has 2 aliphatic carbocycles. The molecule has 28 heteroatoms. The van der Waals surface area contributed by atoms with Crippen molar-refractivity contribution in [1.82, 2.24) is 9.80 Å². The Hall–Kier alpha value is -6.74. The van der Waals surface area contributed by atoms with Gasteiger partial charge < -0.3 is 87.8 Å². The summed E-state index contributed by atoms with van der Waals surface area (Å²) in [6.45, 7) is 25.5. The molecule has 2 unspecified atom stereocenters. The fourth-order valence-corrected chi connectivity index (χ4v) is 20.2. The number of aliphatic hydroxyl groups excluding tert-OH is 4. The number of Topliss-reactive ketones (excluding diaryl/α,β-unsaturated/α-hetero) is 6. The zero-order valence-corrected chi connectivity index (χ0v) is 81.2. The van der Waals surface area contributed by atoms with Crippen LogP contribution in [-0.4, -0.2) is 264 Å². The first-order chi connectivity index (χ1) is 61.5. The summed E-state index contributed by atoms with van der Waals surface area (Å²) in [4.78, 5) is 144. The van der Waals surface area contributed by atoms with Crippen LogP contribution in [0.5, 0.6) is 0 Å². The smallest absolute Gasteiger partial charge is 0.329 e. The van der Waals surface area contributed by atoms with E-state index in [1.807, 2.05) is 116 Å². The van der Waals surface area contributed by atoms with Gasteiger partial charge >= 0.3 is 11.9 Å². The van der Waals surface area contributed by atoms with Gasteiger partial charge in [-0.3, -0.25) is 38.4 Å². The minimum atomic E-state index is -2.43. The van der Waals surface area contributed by atoms with Gasteiger partial charge in [0.25, 0.3) is 23.4 Å². The van der Waals surface area contributed by atoms with Crippen LogP contribution in [0.25, 0.3) is 0 Å². The van der Waals surface area contributed by atoms with E-state index in [1.165, 1.54) is 24.0 Å². The molecule has 732 valence electrons. The first-order valence-electron chi connectivity index (χ1n) is 47.8. The Balaban J connectivity index is 0.000000356. The lowest BCUT2D eigenvalue weighted by Gasteiger charge is -2.42. The summed E-state index contributed by atoms with van der Waals surface area (Å²) in [5.41, 5.74) is 2.53. The summed E-state index contributed by atoms with van der Waals surface area (Å²) in [5.74, 6) is -15.9. The van der Waals surface area contributed by atoms with Crippen LogP contribution < -0.4 is 0 Å². The summed E-state index contributed by atoms with van der Waals surface area (Å²) in [7, 11) is 9.04. The maximum atomic E-state index is 14.4. The minimum Gasteiger partial charge on any atom is -0.460 e. The molecule has 0 radical (unpaired) electrons. The number of nitrogens with zero attached hydrogens (tertiary/aromatic N) is 2. The number of amides is 2. The number of methoxy groups -OCH3 is 6. The molecule has 4 saturated heterocycles. The average molecular weight is 1830 g/mol. The van der Waals surface area contributed by atoms with Crippen LogP contribution in [0.4, 0.5) is 0 Å². The summed E-state index contributed by atoms with van der Waals surface area (Å²) in [5, 5.41) is 67.7. The lowest BCUT2D eigenvalue weighted by molar-refractivity contribution is -0.265. The number of allylic oxidation sites excluding steroid dienone is 12. The molecule has 8 rings (SSSR count). The molecule has 6 aliphatic heterocycles. The van der Waals surface area contributed by atoms with E-state index in [9.17, 15) is 78.6 Å². The number of esters is 2. The first-order valence-corrected chi connectivity index (χ1v) is 47.8.